The van der Waals surface area contributed by atoms with Crippen molar-refractivity contribution in [3.8, 4) is 0 Å². The Morgan fingerprint density at radius 3 is 2.86 bits per heavy atom. The molecule has 7 nitrogen and oxygen atoms in total. The second-order valence-electron chi connectivity index (χ2n) is 5.13. The third kappa shape index (κ3) is 3.68. The molecule has 1 aromatic rings. The van der Waals surface area contributed by atoms with Gasteiger partial charge in [0.1, 0.15) is 12.6 Å². The Labute approximate surface area is 122 Å². The molecule has 0 aromatic carbocycles. The Bertz CT molecular complexity index is 609. The summed E-state index contributed by atoms with van der Waals surface area (Å²) in [6.45, 7) is 1.32. The Kier molecular flexibility index (Phi) is 4.72. The first kappa shape index (κ1) is 15.2. The van der Waals surface area contributed by atoms with Gasteiger partial charge in [-0.1, -0.05) is 0 Å². The molecule has 1 aromatic heterocycles. The molecule has 1 N–H and O–H groups in total. The van der Waals surface area contributed by atoms with Crippen molar-refractivity contribution >= 4 is 11.9 Å². The first-order valence-corrected chi connectivity index (χ1v) is 6.98. The minimum Gasteiger partial charge on any atom is -0.467 e. The van der Waals surface area contributed by atoms with Gasteiger partial charge in [-0.25, -0.2) is 9.48 Å². The average Bonchev–Trinajstić information content (AvgIpc) is 2.47. The number of rotatable bonds is 4. The van der Waals surface area contributed by atoms with Crippen LogP contribution in [0.2, 0.25) is 0 Å². The van der Waals surface area contributed by atoms with Crippen molar-refractivity contribution in [2.45, 2.75) is 45.2 Å². The van der Waals surface area contributed by atoms with Crippen LogP contribution in [-0.2, 0) is 33.7 Å². The first-order chi connectivity index (χ1) is 10.0. The van der Waals surface area contributed by atoms with Crippen LogP contribution < -0.4 is 10.9 Å². The van der Waals surface area contributed by atoms with Crippen molar-refractivity contribution < 1.29 is 14.3 Å². The second kappa shape index (κ2) is 6.51. The number of ether oxygens (including phenoxy) is 1. The zero-order valence-corrected chi connectivity index (χ0v) is 12.2. The van der Waals surface area contributed by atoms with E-state index in [4.69, 9.17) is 0 Å². The summed E-state index contributed by atoms with van der Waals surface area (Å²) in [5, 5.41) is 6.73. The summed E-state index contributed by atoms with van der Waals surface area (Å²) in [4.78, 5) is 35.0. The molecule has 21 heavy (non-hydrogen) atoms. The van der Waals surface area contributed by atoms with Crippen molar-refractivity contribution in [2.24, 2.45) is 0 Å². The molecule has 2 rings (SSSR count). The molecule has 0 bridgehead atoms. The van der Waals surface area contributed by atoms with Crippen LogP contribution in [0.3, 0.4) is 0 Å². The van der Waals surface area contributed by atoms with E-state index in [9.17, 15) is 14.4 Å². The molecule has 0 saturated heterocycles. The second-order valence-corrected chi connectivity index (χ2v) is 5.13. The molecular formula is C14H19N3O4. The molecule has 1 aliphatic carbocycles. The van der Waals surface area contributed by atoms with E-state index >= 15 is 0 Å². The molecule has 1 atom stereocenters. The number of esters is 1. The number of carbonyl (C=O) groups is 2. The molecular weight excluding hydrogens is 274 g/mol. The normalized spacial score (nSPS) is 15.0. The summed E-state index contributed by atoms with van der Waals surface area (Å²) in [7, 11) is 1.25. The van der Waals surface area contributed by atoms with Crippen LogP contribution in [0, 0.1) is 0 Å². The number of aromatic nitrogens is 2. The molecule has 1 aliphatic rings. The minimum atomic E-state index is -0.754. The third-order valence-corrected chi connectivity index (χ3v) is 3.50. The minimum absolute atomic E-state index is 0.201. The standard InChI is InChI=1S/C14H19N3O4/c1-9(14(20)21-2)15-12(18)8-17-13(19)7-10-5-3-4-6-11(10)16-17/h7,9H,3-6,8H2,1-2H3,(H,15,18)/t9-/m0/s1. The van der Waals surface area contributed by atoms with Gasteiger partial charge in [0.25, 0.3) is 5.56 Å². The molecule has 1 heterocycles. The van der Waals surface area contributed by atoms with Crippen molar-refractivity contribution in [1.29, 1.82) is 0 Å². The summed E-state index contributed by atoms with van der Waals surface area (Å²) in [6, 6.07) is 0.800. The largest absolute Gasteiger partial charge is 0.467 e. The number of amides is 1. The van der Waals surface area contributed by atoms with E-state index in [2.05, 4.69) is 15.2 Å². The van der Waals surface area contributed by atoms with Gasteiger partial charge in [0.15, 0.2) is 0 Å². The van der Waals surface area contributed by atoms with E-state index in [0.717, 1.165) is 41.6 Å². The van der Waals surface area contributed by atoms with Crippen LogP contribution in [0.4, 0.5) is 0 Å². The van der Waals surface area contributed by atoms with Gasteiger partial charge in [0.2, 0.25) is 5.91 Å². The van der Waals surface area contributed by atoms with Gasteiger partial charge in [-0.05, 0) is 38.2 Å². The van der Waals surface area contributed by atoms with Gasteiger partial charge >= 0.3 is 5.97 Å². The van der Waals surface area contributed by atoms with Gasteiger partial charge in [-0.3, -0.25) is 9.59 Å². The number of carbonyl (C=O) groups excluding carboxylic acids is 2. The van der Waals surface area contributed by atoms with Crippen molar-refractivity contribution in [2.75, 3.05) is 7.11 Å². The SMILES string of the molecule is COC(=O)[C@H](C)NC(=O)Cn1nc2c(cc1=O)CCCC2. The van der Waals surface area contributed by atoms with Gasteiger partial charge < -0.3 is 10.1 Å². The van der Waals surface area contributed by atoms with Crippen LogP contribution >= 0.6 is 0 Å². The number of fused-ring (bicyclic) bond motifs is 1. The van der Waals surface area contributed by atoms with Crippen molar-refractivity contribution in [3.63, 3.8) is 0 Å². The molecule has 0 radical (unpaired) electrons. The van der Waals surface area contributed by atoms with Crippen LogP contribution in [0.25, 0.3) is 0 Å². The molecule has 114 valence electrons. The number of aryl methyl sites for hydroxylation is 2. The third-order valence-electron chi connectivity index (χ3n) is 3.50. The topological polar surface area (TPSA) is 90.3 Å². The van der Waals surface area contributed by atoms with E-state index in [1.54, 1.807) is 6.07 Å². The van der Waals surface area contributed by atoms with E-state index in [-0.39, 0.29) is 12.1 Å². The highest BCUT2D eigenvalue weighted by Crippen LogP contribution is 2.16. The first-order valence-electron chi connectivity index (χ1n) is 6.98. The Morgan fingerprint density at radius 1 is 1.43 bits per heavy atom. The molecule has 0 saturated carbocycles. The van der Waals surface area contributed by atoms with E-state index < -0.39 is 17.9 Å². The Hall–Kier alpha value is -2.18. The lowest BCUT2D eigenvalue weighted by molar-refractivity contribution is -0.144. The fraction of sp³-hybridized carbons (Fsp3) is 0.571. The highest BCUT2D eigenvalue weighted by Gasteiger charge is 2.18. The van der Waals surface area contributed by atoms with Crippen LogP contribution in [0.5, 0.6) is 0 Å². The molecule has 0 aliphatic heterocycles. The maximum absolute atomic E-state index is 11.9. The van der Waals surface area contributed by atoms with E-state index in [1.165, 1.54) is 14.0 Å². The maximum atomic E-state index is 11.9. The van der Waals surface area contributed by atoms with Crippen molar-refractivity contribution in [1.82, 2.24) is 15.1 Å². The van der Waals surface area contributed by atoms with Gasteiger partial charge in [0.05, 0.1) is 12.8 Å². The molecule has 0 spiro atoms. The summed E-state index contributed by atoms with van der Waals surface area (Å²) in [5.74, 6) is -0.979. The predicted octanol–water partition coefficient (Wildman–Crippen LogP) is -0.200. The lowest BCUT2D eigenvalue weighted by Crippen LogP contribution is -2.42. The van der Waals surface area contributed by atoms with Crippen LogP contribution in [0.1, 0.15) is 31.0 Å². The number of hydrogen-bond acceptors (Lipinski definition) is 5. The number of hydrogen-bond donors (Lipinski definition) is 1. The van der Waals surface area contributed by atoms with Crippen molar-refractivity contribution in [3.05, 3.63) is 27.7 Å². The fourth-order valence-electron chi connectivity index (χ4n) is 2.37. The van der Waals surface area contributed by atoms with Gasteiger partial charge in [0, 0.05) is 6.07 Å². The number of nitrogens with one attached hydrogen (secondary N) is 1. The number of methoxy groups -OCH3 is 1. The quantitative estimate of drug-likeness (QED) is 0.776. The fourth-order valence-corrected chi connectivity index (χ4v) is 2.37. The highest BCUT2D eigenvalue weighted by molar-refractivity contribution is 5.83. The zero-order chi connectivity index (χ0) is 15.4. The van der Waals surface area contributed by atoms with Gasteiger partial charge in [-0.15, -0.1) is 0 Å². The Balaban J connectivity index is 2.07. The summed E-state index contributed by atoms with van der Waals surface area (Å²) >= 11 is 0. The molecule has 0 unspecified atom stereocenters. The monoisotopic (exact) mass is 293 g/mol. The molecule has 1 amide bonds. The predicted molar refractivity (Wildman–Crippen MR) is 74.8 cm³/mol. The number of nitrogens with zero attached hydrogens (tertiary/aromatic N) is 2. The Morgan fingerprint density at radius 2 is 2.14 bits per heavy atom. The van der Waals surface area contributed by atoms with E-state index in [0.29, 0.717) is 0 Å². The maximum Gasteiger partial charge on any atom is 0.328 e. The summed E-state index contributed by atoms with van der Waals surface area (Å²) < 4.78 is 5.67. The molecule has 7 heteroatoms. The average molecular weight is 293 g/mol. The van der Waals surface area contributed by atoms with E-state index in [1.807, 2.05) is 0 Å². The summed E-state index contributed by atoms with van der Waals surface area (Å²) in [5.41, 5.74) is 1.57. The lowest BCUT2D eigenvalue weighted by Gasteiger charge is -2.16. The summed E-state index contributed by atoms with van der Waals surface area (Å²) in [6.07, 6.45) is 3.80. The van der Waals surface area contributed by atoms with Gasteiger partial charge in [-0.2, -0.15) is 5.10 Å². The highest BCUT2D eigenvalue weighted by atomic mass is 16.5. The van der Waals surface area contributed by atoms with Crippen LogP contribution in [0.15, 0.2) is 10.9 Å². The molecule has 0 fully saturated rings. The van der Waals surface area contributed by atoms with Crippen LogP contribution in [-0.4, -0.2) is 34.8 Å². The zero-order valence-electron chi connectivity index (χ0n) is 12.2. The lowest BCUT2D eigenvalue weighted by atomic mass is 9.97. The smallest absolute Gasteiger partial charge is 0.328 e.